The highest BCUT2D eigenvalue weighted by Gasteiger charge is 2.90. The molecule has 0 aliphatic heterocycles. The Bertz CT molecular complexity index is 1030. The van der Waals surface area contributed by atoms with Gasteiger partial charge in [0.25, 0.3) is 0 Å². The maximum atomic E-state index is 14.2. The van der Waals surface area contributed by atoms with Crippen LogP contribution < -0.4 is 0 Å². The summed E-state index contributed by atoms with van der Waals surface area (Å²) in [7, 11) is 0. The third-order valence-corrected chi connectivity index (χ3v) is 4.72. The molecule has 0 aliphatic carbocycles. The summed E-state index contributed by atoms with van der Waals surface area (Å²) in [5.41, 5.74) is -5.02. The average Bonchev–Trinajstić information content (AvgIpc) is 2.78. The minimum Gasteiger partial charge on any atom is -0.194 e. The van der Waals surface area contributed by atoms with Gasteiger partial charge in [-0.15, -0.1) is 0 Å². The van der Waals surface area contributed by atoms with Crippen molar-refractivity contribution >= 4 is 0 Å². The van der Waals surface area contributed by atoms with Gasteiger partial charge in [0.1, 0.15) is 0 Å². The monoisotopic (exact) mass is 504 g/mol. The summed E-state index contributed by atoms with van der Waals surface area (Å²) in [6.07, 6.45) is 0. The van der Waals surface area contributed by atoms with Gasteiger partial charge in [-0.25, -0.2) is 0 Å². The second-order valence-electron chi connectivity index (χ2n) is 6.82. The third kappa shape index (κ3) is 3.61. The predicted molar refractivity (Wildman–Crippen MR) is 89.9 cm³/mol. The Morgan fingerprint density at radius 1 is 0.412 bits per heavy atom. The van der Waals surface area contributed by atoms with Crippen LogP contribution in [0.2, 0.25) is 0 Å². The molecule has 0 atom stereocenters. The number of rotatable bonds is 7. The van der Waals surface area contributed by atoms with Crippen molar-refractivity contribution in [2.45, 2.75) is 35.5 Å². The van der Waals surface area contributed by atoms with Gasteiger partial charge in [0, 0.05) is 11.1 Å². The summed E-state index contributed by atoms with van der Waals surface area (Å²) in [6.45, 7) is 0. The molecule has 14 heteroatoms. The molecule has 0 unspecified atom stereocenters. The summed E-state index contributed by atoms with van der Waals surface area (Å²) in [5.74, 6) is -42.6. The molecule has 34 heavy (non-hydrogen) atoms. The Morgan fingerprint density at radius 2 is 0.647 bits per heavy atom. The Labute approximate surface area is 182 Å². The minimum absolute atomic E-state index is 0.0236. The first-order valence-corrected chi connectivity index (χ1v) is 8.61. The fourth-order valence-electron chi connectivity index (χ4n) is 2.66. The molecule has 182 valence electrons. The standard InChI is InChI=1S/C20H8F12N2/c21-15(22,13-5-1-11(9-33)2-6-13)17(25,26)19(29,30)20(31,32)18(27,28)16(23,24)14-7-3-12(10-34)4-8-14/h1-8H. The maximum Gasteiger partial charge on any atom is 0.385 e. The SMILES string of the molecule is N#Cc1ccc(C(F)(F)C(F)(F)C(F)(F)C(F)(F)C(F)(F)C(F)(F)c2ccc(C#N)cc2)cc1. The van der Waals surface area contributed by atoms with Crippen molar-refractivity contribution in [2.24, 2.45) is 0 Å². The van der Waals surface area contributed by atoms with Crippen LogP contribution in [0.25, 0.3) is 0 Å². The lowest BCUT2D eigenvalue weighted by atomic mass is 9.87. The molecule has 2 aromatic rings. The van der Waals surface area contributed by atoms with Crippen molar-refractivity contribution in [3.05, 3.63) is 70.8 Å². The van der Waals surface area contributed by atoms with Crippen LogP contribution >= 0.6 is 0 Å². The smallest absolute Gasteiger partial charge is 0.194 e. The van der Waals surface area contributed by atoms with Crippen LogP contribution in [-0.2, 0) is 11.8 Å². The quantitative estimate of drug-likeness (QED) is 0.387. The van der Waals surface area contributed by atoms with Crippen molar-refractivity contribution in [1.29, 1.82) is 10.5 Å². The number of nitrogens with zero attached hydrogens (tertiary/aromatic N) is 2. The lowest BCUT2D eigenvalue weighted by molar-refractivity contribution is -0.429. The predicted octanol–water partition coefficient (Wildman–Crippen LogP) is 6.85. The second kappa shape index (κ2) is 8.11. The van der Waals surface area contributed by atoms with Crippen LogP contribution in [0.3, 0.4) is 0 Å². The van der Waals surface area contributed by atoms with E-state index in [0.29, 0.717) is 24.3 Å². The lowest BCUT2D eigenvalue weighted by Crippen LogP contribution is -2.69. The fraction of sp³-hybridized carbons (Fsp3) is 0.300. The van der Waals surface area contributed by atoms with E-state index in [-0.39, 0.29) is 24.3 Å². The van der Waals surface area contributed by atoms with Crippen molar-refractivity contribution in [3.63, 3.8) is 0 Å². The van der Waals surface area contributed by atoms with E-state index in [0.717, 1.165) is 0 Å². The average molecular weight is 504 g/mol. The second-order valence-corrected chi connectivity index (χ2v) is 6.82. The highest BCUT2D eigenvalue weighted by Crippen LogP contribution is 2.63. The molecular weight excluding hydrogens is 496 g/mol. The zero-order valence-corrected chi connectivity index (χ0v) is 16.0. The van der Waals surface area contributed by atoms with Crippen molar-refractivity contribution in [3.8, 4) is 12.1 Å². The topological polar surface area (TPSA) is 47.6 Å². The first-order chi connectivity index (χ1) is 15.3. The van der Waals surface area contributed by atoms with Crippen LogP contribution in [-0.4, -0.2) is 23.7 Å². The van der Waals surface area contributed by atoms with E-state index in [9.17, 15) is 52.7 Å². The van der Waals surface area contributed by atoms with Crippen LogP contribution in [0.1, 0.15) is 22.3 Å². The molecular formula is C20H8F12N2. The molecule has 0 spiro atoms. The molecule has 0 aromatic heterocycles. The van der Waals surface area contributed by atoms with Crippen LogP contribution in [0.15, 0.2) is 48.5 Å². The van der Waals surface area contributed by atoms with Gasteiger partial charge in [-0.2, -0.15) is 63.2 Å². The number of alkyl halides is 12. The molecule has 0 bridgehead atoms. The molecule has 0 aliphatic rings. The highest BCUT2D eigenvalue weighted by molar-refractivity contribution is 5.36. The van der Waals surface area contributed by atoms with Gasteiger partial charge in [0.2, 0.25) is 0 Å². The van der Waals surface area contributed by atoms with Crippen LogP contribution in [0, 0.1) is 22.7 Å². The van der Waals surface area contributed by atoms with Gasteiger partial charge in [-0.3, -0.25) is 0 Å². The van der Waals surface area contributed by atoms with Crippen LogP contribution in [0.4, 0.5) is 52.7 Å². The third-order valence-electron chi connectivity index (χ3n) is 4.72. The number of benzene rings is 2. The van der Waals surface area contributed by atoms with E-state index in [1.165, 1.54) is 12.1 Å². The molecule has 0 N–H and O–H groups in total. The molecule has 0 radical (unpaired) electrons. The van der Waals surface area contributed by atoms with E-state index in [2.05, 4.69) is 0 Å². The largest absolute Gasteiger partial charge is 0.385 e. The molecule has 0 saturated carbocycles. The zero-order chi connectivity index (χ0) is 26.4. The van der Waals surface area contributed by atoms with E-state index >= 15 is 0 Å². The summed E-state index contributed by atoms with van der Waals surface area (Å²) < 4.78 is 169. The van der Waals surface area contributed by atoms with Crippen molar-refractivity contribution in [2.75, 3.05) is 0 Å². The summed E-state index contributed by atoms with van der Waals surface area (Å²) in [5, 5.41) is 17.1. The van der Waals surface area contributed by atoms with Gasteiger partial charge in [0.05, 0.1) is 23.3 Å². The van der Waals surface area contributed by atoms with E-state index in [1.807, 2.05) is 0 Å². The Kier molecular flexibility index (Phi) is 6.40. The minimum atomic E-state index is -7.73. The van der Waals surface area contributed by atoms with E-state index < -0.39 is 57.8 Å². The first kappa shape index (κ1) is 26.8. The fourth-order valence-corrected chi connectivity index (χ4v) is 2.66. The summed E-state index contributed by atoms with van der Waals surface area (Å²) in [6, 6.07) is 4.30. The zero-order valence-electron chi connectivity index (χ0n) is 16.0. The number of hydrogen-bond donors (Lipinski definition) is 0. The van der Waals surface area contributed by atoms with Gasteiger partial charge in [-0.1, -0.05) is 24.3 Å². The normalized spacial score (nSPS) is 13.8. The molecule has 0 saturated heterocycles. The van der Waals surface area contributed by atoms with E-state index in [4.69, 9.17) is 10.5 Å². The molecule has 2 rings (SSSR count). The Morgan fingerprint density at radius 3 is 0.853 bits per heavy atom. The Hall–Kier alpha value is -3.42. The number of nitriles is 2. The first-order valence-electron chi connectivity index (χ1n) is 8.61. The summed E-state index contributed by atoms with van der Waals surface area (Å²) >= 11 is 0. The van der Waals surface area contributed by atoms with Gasteiger partial charge in [0.15, 0.2) is 0 Å². The summed E-state index contributed by atoms with van der Waals surface area (Å²) in [4.78, 5) is 0. The number of halogens is 12. The number of hydrogen-bond acceptors (Lipinski definition) is 2. The molecule has 2 nitrogen and oxygen atoms in total. The van der Waals surface area contributed by atoms with Gasteiger partial charge < -0.3 is 0 Å². The van der Waals surface area contributed by atoms with Gasteiger partial charge in [-0.05, 0) is 24.3 Å². The Balaban J connectivity index is 2.60. The molecule has 2 aromatic carbocycles. The molecule has 0 amide bonds. The van der Waals surface area contributed by atoms with Crippen LogP contribution in [0.5, 0.6) is 0 Å². The maximum absolute atomic E-state index is 14.2. The molecule has 0 fully saturated rings. The lowest BCUT2D eigenvalue weighted by Gasteiger charge is -2.41. The molecule has 0 heterocycles. The van der Waals surface area contributed by atoms with Crippen molar-refractivity contribution in [1.82, 2.24) is 0 Å². The van der Waals surface area contributed by atoms with Crippen molar-refractivity contribution < 1.29 is 52.7 Å². The van der Waals surface area contributed by atoms with Gasteiger partial charge >= 0.3 is 35.5 Å². The van der Waals surface area contributed by atoms with E-state index in [1.54, 1.807) is 0 Å². The highest BCUT2D eigenvalue weighted by atomic mass is 19.4.